The van der Waals surface area contributed by atoms with Crippen molar-refractivity contribution in [1.29, 1.82) is 0 Å². The second kappa shape index (κ2) is 6.04. The molecule has 0 aliphatic carbocycles. The monoisotopic (exact) mass is 437 g/mol. The van der Waals surface area contributed by atoms with E-state index in [4.69, 9.17) is 5.73 Å². The van der Waals surface area contributed by atoms with Gasteiger partial charge in [-0.25, -0.2) is 4.90 Å². The van der Waals surface area contributed by atoms with Crippen LogP contribution < -0.4 is 10.6 Å². The number of benzene rings is 2. The molecule has 3 amide bonds. The summed E-state index contributed by atoms with van der Waals surface area (Å²) in [7, 11) is 0. The number of nitrogens with zero attached hydrogens (tertiary/aromatic N) is 2. The number of carbonyl (C=O) groups excluding carboxylic acids is 3. The van der Waals surface area contributed by atoms with Crippen molar-refractivity contribution < 1.29 is 14.4 Å². The molecule has 0 spiro atoms. The Morgan fingerprint density at radius 1 is 1.00 bits per heavy atom. The number of halogens is 1. The first-order chi connectivity index (χ1) is 13.5. The molecule has 3 heterocycles. The number of carbonyl (C=O) groups is 3. The van der Waals surface area contributed by atoms with E-state index < -0.39 is 29.8 Å². The highest BCUT2D eigenvalue weighted by molar-refractivity contribution is 9.10. The maximum absolute atomic E-state index is 13.4. The molecule has 0 bridgehead atoms. The molecule has 7 heteroatoms. The standard InChI is InChI=1S/C21H16BrN3O3/c22-12-5-3-6-13(10-12)25-20(27)15-16(21(25)28)18(19(23)26)24-9-8-11-4-1-2-7-14(11)17(15)24/h1-10,15-18H,(H2,23,26)/t15-,16-,17-,18+/m1/s1. The average molecular weight is 438 g/mol. The third-order valence-corrected chi connectivity index (χ3v) is 6.31. The first-order valence-corrected chi connectivity index (χ1v) is 9.75. The van der Waals surface area contributed by atoms with Gasteiger partial charge in [-0.3, -0.25) is 14.4 Å². The van der Waals surface area contributed by atoms with E-state index in [1.165, 1.54) is 4.90 Å². The number of primary amides is 1. The molecule has 4 atom stereocenters. The van der Waals surface area contributed by atoms with Crippen molar-refractivity contribution in [3.05, 3.63) is 70.3 Å². The zero-order valence-electron chi connectivity index (χ0n) is 14.7. The van der Waals surface area contributed by atoms with Gasteiger partial charge in [0, 0.05) is 10.7 Å². The molecule has 2 saturated heterocycles. The Morgan fingerprint density at radius 3 is 2.50 bits per heavy atom. The van der Waals surface area contributed by atoms with Gasteiger partial charge in [-0.15, -0.1) is 0 Å². The van der Waals surface area contributed by atoms with Crippen LogP contribution in [-0.4, -0.2) is 28.7 Å². The van der Waals surface area contributed by atoms with Crippen molar-refractivity contribution >= 4 is 45.4 Å². The number of nitrogens with two attached hydrogens (primary N) is 1. The molecule has 0 unspecified atom stereocenters. The van der Waals surface area contributed by atoms with Crippen LogP contribution in [0.5, 0.6) is 0 Å². The number of hydrogen-bond acceptors (Lipinski definition) is 4. The Morgan fingerprint density at radius 2 is 1.75 bits per heavy atom. The number of hydrogen-bond donors (Lipinski definition) is 1. The van der Waals surface area contributed by atoms with Crippen LogP contribution >= 0.6 is 15.9 Å². The normalized spacial score (nSPS) is 27.6. The Balaban J connectivity index is 1.66. The average Bonchev–Trinajstić information content (AvgIpc) is 3.15. The van der Waals surface area contributed by atoms with Crippen LogP contribution in [0.4, 0.5) is 5.69 Å². The fourth-order valence-electron chi connectivity index (χ4n) is 4.75. The maximum atomic E-state index is 13.4. The molecule has 3 aliphatic rings. The molecule has 2 N–H and O–H groups in total. The molecule has 3 aliphatic heterocycles. The number of amides is 3. The van der Waals surface area contributed by atoms with E-state index in [2.05, 4.69) is 15.9 Å². The van der Waals surface area contributed by atoms with Crippen LogP contribution in [0, 0.1) is 11.8 Å². The van der Waals surface area contributed by atoms with Crippen LogP contribution in [0.1, 0.15) is 17.2 Å². The minimum Gasteiger partial charge on any atom is -0.368 e. The zero-order chi connectivity index (χ0) is 19.6. The van der Waals surface area contributed by atoms with Gasteiger partial charge in [-0.1, -0.05) is 46.3 Å². The fraction of sp³-hybridized carbons (Fsp3) is 0.190. The van der Waals surface area contributed by atoms with Crippen molar-refractivity contribution in [1.82, 2.24) is 4.90 Å². The summed E-state index contributed by atoms with van der Waals surface area (Å²) in [5.74, 6) is -2.73. The number of rotatable bonds is 2. The van der Waals surface area contributed by atoms with Gasteiger partial charge in [-0.05, 0) is 35.4 Å². The lowest BCUT2D eigenvalue weighted by atomic mass is 9.84. The van der Waals surface area contributed by atoms with Crippen molar-refractivity contribution in [2.75, 3.05) is 4.90 Å². The number of anilines is 1. The second-order valence-electron chi connectivity index (χ2n) is 7.23. The topological polar surface area (TPSA) is 83.7 Å². The third kappa shape index (κ3) is 2.22. The molecular weight excluding hydrogens is 422 g/mol. The van der Waals surface area contributed by atoms with Crippen molar-refractivity contribution in [3.63, 3.8) is 0 Å². The van der Waals surface area contributed by atoms with Gasteiger partial charge >= 0.3 is 0 Å². The van der Waals surface area contributed by atoms with E-state index in [9.17, 15) is 14.4 Å². The lowest BCUT2D eigenvalue weighted by molar-refractivity contribution is -0.129. The van der Waals surface area contributed by atoms with E-state index in [-0.39, 0.29) is 11.8 Å². The van der Waals surface area contributed by atoms with E-state index in [1.54, 1.807) is 29.3 Å². The Kier molecular flexibility index (Phi) is 3.71. The lowest BCUT2D eigenvalue weighted by Gasteiger charge is -2.34. The van der Waals surface area contributed by atoms with E-state index in [0.29, 0.717) is 5.69 Å². The fourth-order valence-corrected chi connectivity index (χ4v) is 5.14. The molecule has 6 nitrogen and oxygen atoms in total. The van der Waals surface area contributed by atoms with Gasteiger partial charge in [0.05, 0.1) is 23.6 Å². The lowest BCUT2D eigenvalue weighted by Crippen LogP contribution is -2.46. The third-order valence-electron chi connectivity index (χ3n) is 5.82. The molecule has 5 rings (SSSR count). The van der Waals surface area contributed by atoms with E-state index >= 15 is 0 Å². The molecule has 2 aromatic rings. The van der Waals surface area contributed by atoms with Gasteiger partial charge < -0.3 is 10.6 Å². The van der Waals surface area contributed by atoms with Crippen LogP contribution in [0.25, 0.3) is 6.08 Å². The number of imide groups is 1. The Hall–Kier alpha value is -2.93. The first-order valence-electron chi connectivity index (χ1n) is 8.96. The molecular formula is C21H16BrN3O3. The summed E-state index contributed by atoms with van der Waals surface area (Å²) in [5, 5.41) is 0. The van der Waals surface area contributed by atoms with Crippen LogP contribution in [0.15, 0.2) is 59.2 Å². The Labute approximate surface area is 169 Å². The molecule has 28 heavy (non-hydrogen) atoms. The van der Waals surface area contributed by atoms with Crippen LogP contribution in [-0.2, 0) is 14.4 Å². The quantitative estimate of drug-likeness (QED) is 0.731. The minimum atomic E-state index is -0.854. The van der Waals surface area contributed by atoms with Gasteiger partial charge in [0.25, 0.3) is 0 Å². The highest BCUT2D eigenvalue weighted by Crippen LogP contribution is 2.53. The summed E-state index contributed by atoms with van der Waals surface area (Å²) in [6, 6.07) is 13.5. The second-order valence-corrected chi connectivity index (χ2v) is 8.14. The molecule has 140 valence electrons. The van der Waals surface area contributed by atoms with Gasteiger partial charge in [0.2, 0.25) is 17.7 Å². The molecule has 0 radical (unpaired) electrons. The zero-order valence-corrected chi connectivity index (χ0v) is 16.2. The van der Waals surface area contributed by atoms with Crippen molar-refractivity contribution in [3.8, 4) is 0 Å². The highest BCUT2D eigenvalue weighted by atomic mass is 79.9. The summed E-state index contributed by atoms with van der Waals surface area (Å²) in [5.41, 5.74) is 8.10. The highest BCUT2D eigenvalue weighted by Gasteiger charge is 2.64. The predicted molar refractivity (Wildman–Crippen MR) is 107 cm³/mol. The Bertz CT molecular complexity index is 1070. The van der Waals surface area contributed by atoms with Crippen molar-refractivity contribution in [2.45, 2.75) is 12.1 Å². The van der Waals surface area contributed by atoms with Gasteiger partial charge in [-0.2, -0.15) is 0 Å². The first kappa shape index (κ1) is 17.2. The largest absolute Gasteiger partial charge is 0.368 e. The SMILES string of the molecule is NC(=O)[C@@H]1[C@@H]2C(=O)N(c3cccc(Br)c3)C(=O)[C@H]2[C@H]2c3ccccc3C=CN12. The summed E-state index contributed by atoms with van der Waals surface area (Å²) in [6.45, 7) is 0. The predicted octanol–water partition coefficient (Wildman–Crippen LogP) is 2.45. The van der Waals surface area contributed by atoms with E-state index in [0.717, 1.165) is 15.6 Å². The van der Waals surface area contributed by atoms with Gasteiger partial charge in [0.1, 0.15) is 6.04 Å². The molecule has 2 fully saturated rings. The summed E-state index contributed by atoms with van der Waals surface area (Å²) in [6.07, 6.45) is 3.68. The van der Waals surface area contributed by atoms with Crippen LogP contribution in [0.2, 0.25) is 0 Å². The summed E-state index contributed by atoms with van der Waals surface area (Å²) in [4.78, 5) is 42.0. The minimum absolute atomic E-state index is 0.294. The summed E-state index contributed by atoms with van der Waals surface area (Å²) < 4.78 is 0.765. The molecule has 2 aromatic carbocycles. The maximum Gasteiger partial charge on any atom is 0.240 e. The molecule has 0 saturated carbocycles. The van der Waals surface area contributed by atoms with Gasteiger partial charge in [0.15, 0.2) is 0 Å². The van der Waals surface area contributed by atoms with E-state index in [1.807, 2.05) is 36.4 Å². The smallest absolute Gasteiger partial charge is 0.240 e. The molecule has 0 aromatic heterocycles. The van der Waals surface area contributed by atoms with Crippen molar-refractivity contribution in [2.24, 2.45) is 17.6 Å². The number of fused-ring (bicyclic) bond motifs is 5. The van der Waals surface area contributed by atoms with Crippen LogP contribution in [0.3, 0.4) is 0 Å². The summed E-state index contributed by atoms with van der Waals surface area (Å²) >= 11 is 3.38.